The van der Waals surface area contributed by atoms with Gasteiger partial charge in [-0.25, -0.2) is 0 Å². The Kier molecular flexibility index (Phi) is 2.90. The molecule has 1 N–H and O–H groups in total. The molecule has 0 aromatic carbocycles. The Hall–Kier alpha value is -0.180. The Bertz CT molecular complexity index is 290. The van der Waals surface area contributed by atoms with E-state index in [1.807, 2.05) is 11.8 Å². The van der Waals surface area contributed by atoms with Gasteiger partial charge in [-0.2, -0.15) is 0 Å². The molecule has 1 unspecified atom stereocenters. The van der Waals surface area contributed by atoms with Crippen molar-refractivity contribution in [2.75, 3.05) is 12.3 Å². The fraction of sp³-hybridized carbons (Fsp3) is 0.923. The molecule has 2 nitrogen and oxygen atoms in total. The van der Waals surface area contributed by atoms with E-state index in [0.717, 1.165) is 18.4 Å². The average Bonchev–Trinajstić information content (AvgIpc) is 2.94. The topological polar surface area (TPSA) is 24.4 Å². The average molecular weight is 238 g/mol. The van der Waals surface area contributed by atoms with Crippen LogP contribution in [0.4, 0.5) is 0 Å². The molecule has 2 saturated carbocycles. The lowest BCUT2D eigenvalue weighted by molar-refractivity contribution is 0.451. The zero-order valence-corrected chi connectivity index (χ0v) is 11.0. The summed E-state index contributed by atoms with van der Waals surface area (Å²) in [5.41, 5.74) is 0.437. The molecular weight excluding hydrogens is 216 g/mol. The van der Waals surface area contributed by atoms with Crippen molar-refractivity contribution in [2.24, 2.45) is 16.8 Å². The van der Waals surface area contributed by atoms with Gasteiger partial charge in [-0.3, -0.25) is 4.99 Å². The van der Waals surface area contributed by atoms with Crippen molar-refractivity contribution in [1.82, 2.24) is 5.32 Å². The summed E-state index contributed by atoms with van der Waals surface area (Å²) in [5, 5.41) is 4.92. The van der Waals surface area contributed by atoms with Gasteiger partial charge in [-0.15, -0.1) is 0 Å². The maximum Gasteiger partial charge on any atom is 0.157 e. The Morgan fingerprint density at radius 3 is 2.88 bits per heavy atom. The third kappa shape index (κ3) is 2.24. The fourth-order valence-corrected chi connectivity index (χ4v) is 4.18. The van der Waals surface area contributed by atoms with E-state index in [1.54, 1.807) is 0 Å². The van der Waals surface area contributed by atoms with Gasteiger partial charge in [0.1, 0.15) is 0 Å². The van der Waals surface area contributed by atoms with Crippen LogP contribution in [-0.4, -0.2) is 23.0 Å². The van der Waals surface area contributed by atoms with E-state index in [0.29, 0.717) is 5.54 Å². The van der Waals surface area contributed by atoms with Crippen molar-refractivity contribution >= 4 is 16.9 Å². The maximum atomic E-state index is 4.77. The lowest BCUT2D eigenvalue weighted by atomic mass is 10.0. The number of nitrogens with one attached hydrogen (secondary N) is 1. The van der Waals surface area contributed by atoms with Crippen LogP contribution in [0, 0.1) is 11.8 Å². The summed E-state index contributed by atoms with van der Waals surface area (Å²) < 4.78 is 0. The Morgan fingerprint density at radius 1 is 1.44 bits per heavy atom. The van der Waals surface area contributed by atoms with Crippen molar-refractivity contribution in [1.29, 1.82) is 0 Å². The van der Waals surface area contributed by atoms with Gasteiger partial charge < -0.3 is 5.32 Å². The highest BCUT2D eigenvalue weighted by molar-refractivity contribution is 8.14. The van der Waals surface area contributed by atoms with Crippen LogP contribution in [0.15, 0.2) is 4.99 Å². The highest BCUT2D eigenvalue weighted by atomic mass is 32.2. The summed E-state index contributed by atoms with van der Waals surface area (Å²) in [4.78, 5) is 4.77. The molecule has 3 rings (SSSR count). The van der Waals surface area contributed by atoms with E-state index < -0.39 is 0 Å². The summed E-state index contributed by atoms with van der Waals surface area (Å²) in [6.45, 7) is 3.39. The van der Waals surface area contributed by atoms with Crippen molar-refractivity contribution in [3.8, 4) is 0 Å². The van der Waals surface area contributed by atoms with Crippen molar-refractivity contribution in [3.05, 3.63) is 0 Å². The number of hydrogen-bond acceptors (Lipinski definition) is 2. The largest absolute Gasteiger partial charge is 0.359 e. The summed E-state index contributed by atoms with van der Waals surface area (Å²) in [6.07, 6.45) is 8.40. The Balaban J connectivity index is 1.53. The standard InChI is InChI=1S/C13H22N2S/c1-10(11-4-5-11)8-14-12-15-13(9-16-12)6-2-3-7-13/h10-11H,2-9H2,1H3,(H,14,15). The third-order valence-corrected chi connectivity index (χ3v) is 5.57. The lowest BCUT2D eigenvalue weighted by Gasteiger charge is -2.21. The maximum absolute atomic E-state index is 4.77. The molecule has 1 atom stereocenters. The summed E-state index contributed by atoms with van der Waals surface area (Å²) in [7, 11) is 0. The summed E-state index contributed by atoms with van der Waals surface area (Å²) in [6, 6.07) is 0. The molecule has 0 radical (unpaired) electrons. The normalized spacial score (nSPS) is 32.2. The van der Waals surface area contributed by atoms with Crippen LogP contribution >= 0.6 is 11.8 Å². The SMILES string of the molecule is CC(CN=C1NC2(CCCC2)CS1)C1CC1. The minimum atomic E-state index is 0.437. The second kappa shape index (κ2) is 4.25. The Morgan fingerprint density at radius 2 is 2.19 bits per heavy atom. The van der Waals surface area contributed by atoms with Crippen LogP contribution in [0.25, 0.3) is 0 Å². The first-order chi connectivity index (χ1) is 7.77. The monoisotopic (exact) mass is 238 g/mol. The van der Waals surface area contributed by atoms with Crippen molar-refractivity contribution < 1.29 is 0 Å². The first-order valence-electron chi connectivity index (χ1n) is 6.73. The lowest BCUT2D eigenvalue weighted by Crippen LogP contribution is -2.40. The number of hydrogen-bond donors (Lipinski definition) is 1. The van der Waals surface area contributed by atoms with Gasteiger partial charge in [0.2, 0.25) is 0 Å². The number of rotatable bonds is 3. The van der Waals surface area contributed by atoms with E-state index >= 15 is 0 Å². The van der Waals surface area contributed by atoms with Gasteiger partial charge in [-0.1, -0.05) is 31.5 Å². The van der Waals surface area contributed by atoms with Gasteiger partial charge in [0, 0.05) is 17.8 Å². The van der Waals surface area contributed by atoms with Crippen LogP contribution in [0.1, 0.15) is 45.4 Å². The molecule has 2 aliphatic carbocycles. The van der Waals surface area contributed by atoms with Crippen LogP contribution in [0.2, 0.25) is 0 Å². The smallest absolute Gasteiger partial charge is 0.157 e. The van der Waals surface area contributed by atoms with E-state index in [4.69, 9.17) is 4.99 Å². The van der Waals surface area contributed by atoms with Crippen LogP contribution in [-0.2, 0) is 0 Å². The molecule has 90 valence electrons. The van der Waals surface area contributed by atoms with Crippen molar-refractivity contribution in [3.63, 3.8) is 0 Å². The molecule has 1 saturated heterocycles. The molecule has 0 aromatic heterocycles. The number of thioether (sulfide) groups is 1. The molecule has 0 bridgehead atoms. The van der Waals surface area contributed by atoms with E-state index in [-0.39, 0.29) is 0 Å². The molecule has 1 aliphatic heterocycles. The second-order valence-electron chi connectivity index (χ2n) is 5.86. The fourth-order valence-electron chi connectivity index (χ4n) is 2.95. The van der Waals surface area contributed by atoms with E-state index in [2.05, 4.69) is 12.2 Å². The molecule has 0 amide bonds. The van der Waals surface area contributed by atoms with E-state index in [1.165, 1.54) is 49.4 Å². The van der Waals surface area contributed by atoms with Gasteiger partial charge in [0.05, 0.1) is 0 Å². The number of amidine groups is 1. The second-order valence-corrected chi connectivity index (χ2v) is 6.83. The van der Waals surface area contributed by atoms with Crippen LogP contribution < -0.4 is 5.32 Å². The minimum Gasteiger partial charge on any atom is -0.359 e. The molecule has 1 spiro atoms. The molecule has 3 aliphatic rings. The predicted octanol–water partition coefficient (Wildman–Crippen LogP) is 3.04. The summed E-state index contributed by atoms with van der Waals surface area (Å²) >= 11 is 1.95. The van der Waals surface area contributed by atoms with Crippen LogP contribution in [0.5, 0.6) is 0 Å². The molecule has 3 heteroatoms. The molecule has 3 fully saturated rings. The van der Waals surface area contributed by atoms with E-state index in [9.17, 15) is 0 Å². The first-order valence-corrected chi connectivity index (χ1v) is 7.71. The number of aliphatic imine (C=N–C) groups is 1. The highest BCUT2D eigenvalue weighted by Crippen LogP contribution is 2.39. The Labute approximate surface area is 103 Å². The van der Waals surface area contributed by atoms with Gasteiger partial charge in [0.25, 0.3) is 0 Å². The zero-order valence-electron chi connectivity index (χ0n) is 10.2. The van der Waals surface area contributed by atoms with Crippen molar-refractivity contribution in [2.45, 2.75) is 51.0 Å². The molecule has 1 heterocycles. The zero-order chi connectivity index (χ0) is 11.0. The van der Waals surface area contributed by atoms with Gasteiger partial charge in [-0.05, 0) is 37.5 Å². The molecule has 16 heavy (non-hydrogen) atoms. The molecular formula is C13H22N2S. The predicted molar refractivity (Wildman–Crippen MR) is 71.0 cm³/mol. The van der Waals surface area contributed by atoms with Gasteiger partial charge in [0.15, 0.2) is 5.17 Å². The highest BCUT2D eigenvalue weighted by Gasteiger charge is 2.39. The minimum absolute atomic E-state index is 0.437. The number of nitrogens with zero attached hydrogens (tertiary/aromatic N) is 1. The third-order valence-electron chi connectivity index (χ3n) is 4.37. The quantitative estimate of drug-likeness (QED) is 0.817. The van der Waals surface area contributed by atoms with Crippen LogP contribution in [0.3, 0.4) is 0 Å². The molecule has 0 aromatic rings. The summed E-state index contributed by atoms with van der Waals surface area (Å²) in [5.74, 6) is 3.04. The first kappa shape index (κ1) is 10.9. The van der Waals surface area contributed by atoms with Gasteiger partial charge >= 0.3 is 0 Å².